The molecule has 0 aromatic heterocycles. The van der Waals surface area contributed by atoms with E-state index >= 15 is 0 Å². The fourth-order valence-electron chi connectivity index (χ4n) is 2.72. The minimum atomic E-state index is -0.964. The molecule has 1 rings (SSSR count). The molecule has 1 fully saturated rings. The number of hydrogen-bond acceptors (Lipinski definition) is 7. The topological polar surface area (TPSA) is 80.6 Å². The Hall–Kier alpha value is -0.280. The van der Waals surface area contributed by atoms with Gasteiger partial charge >= 0.3 is 0 Å². The van der Waals surface area contributed by atoms with Crippen LogP contribution in [0.4, 0.5) is 0 Å². The van der Waals surface area contributed by atoms with Crippen LogP contribution in [0.25, 0.3) is 0 Å². The van der Waals surface area contributed by atoms with Crippen molar-refractivity contribution in [2.24, 2.45) is 0 Å². The van der Waals surface area contributed by atoms with E-state index in [1.54, 1.807) is 21.1 Å². The summed E-state index contributed by atoms with van der Waals surface area (Å²) in [5.74, 6) is 0. The van der Waals surface area contributed by atoms with E-state index in [2.05, 4.69) is 0 Å². The number of ether oxygens (including phenoxy) is 4. The monoisotopic (exact) mass is 335 g/mol. The average Bonchev–Trinajstić information content (AvgIpc) is 2.45. The second-order valence-electron chi connectivity index (χ2n) is 6.93. The largest absolute Gasteiger partial charge is 0.389 e. The van der Waals surface area contributed by atoms with E-state index in [0.717, 1.165) is 0 Å². The molecular weight excluding hydrogens is 302 g/mol. The van der Waals surface area contributed by atoms with Crippen LogP contribution in [0.15, 0.2) is 0 Å². The third kappa shape index (κ3) is 6.26. The lowest BCUT2D eigenvalue weighted by atomic mass is 9.94. The Kier molecular flexibility index (Phi) is 8.37. The van der Waals surface area contributed by atoms with Gasteiger partial charge in [-0.3, -0.25) is 4.90 Å². The van der Waals surface area contributed by atoms with Gasteiger partial charge in [-0.2, -0.15) is 0 Å². The number of rotatable bonds is 8. The quantitative estimate of drug-likeness (QED) is 0.657. The van der Waals surface area contributed by atoms with Gasteiger partial charge < -0.3 is 29.2 Å². The summed E-state index contributed by atoms with van der Waals surface area (Å²) in [6.07, 6.45) is -3.01. The van der Waals surface area contributed by atoms with Crippen molar-refractivity contribution < 1.29 is 29.2 Å². The molecule has 1 heterocycles. The van der Waals surface area contributed by atoms with E-state index in [0.29, 0.717) is 26.3 Å². The van der Waals surface area contributed by atoms with E-state index in [1.807, 2.05) is 25.7 Å². The summed E-state index contributed by atoms with van der Waals surface area (Å²) in [6, 6.07) is -0.503. The number of hydrogen-bond donors (Lipinski definition) is 2. The molecule has 7 heteroatoms. The Morgan fingerprint density at radius 2 is 1.52 bits per heavy atom. The summed E-state index contributed by atoms with van der Waals surface area (Å²) in [5.41, 5.74) is -0.456. The van der Waals surface area contributed by atoms with E-state index in [4.69, 9.17) is 18.9 Å². The average molecular weight is 335 g/mol. The third-order valence-corrected chi connectivity index (χ3v) is 3.86. The van der Waals surface area contributed by atoms with Gasteiger partial charge in [-0.15, -0.1) is 0 Å². The lowest BCUT2D eigenvalue weighted by Gasteiger charge is -2.47. The van der Waals surface area contributed by atoms with Crippen molar-refractivity contribution in [3.05, 3.63) is 0 Å². The van der Waals surface area contributed by atoms with Crippen LogP contribution in [0.3, 0.4) is 0 Å². The molecule has 1 aliphatic heterocycles. The van der Waals surface area contributed by atoms with Crippen molar-refractivity contribution in [3.63, 3.8) is 0 Å². The summed E-state index contributed by atoms with van der Waals surface area (Å²) in [5, 5.41) is 21.2. The summed E-state index contributed by atoms with van der Waals surface area (Å²) in [7, 11) is 3.25. The van der Waals surface area contributed by atoms with Gasteiger partial charge in [-0.25, -0.2) is 0 Å². The molecule has 0 bridgehead atoms. The molecule has 7 nitrogen and oxygen atoms in total. The molecule has 23 heavy (non-hydrogen) atoms. The first-order chi connectivity index (χ1) is 10.7. The molecule has 0 radical (unpaired) electrons. The highest BCUT2D eigenvalue weighted by Crippen LogP contribution is 2.28. The smallest absolute Gasteiger partial charge is 0.186 e. The minimum Gasteiger partial charge on any atom is -0.389 e. The molecule has 0 saturated carbocycles. The van der Waals surface area contributed by atoms with Gasteiger partial charge in [0.1, 0.15) is 6.10 Å². The van der Waals surface area contributed by atoms with Crippen molar-refractivity contribution in [3.8, 4) is 0 Å². The molecule has 138 valence electrons. The summed E-state index contributed by atoms with van der Waals surface area (Å²) >= 11 is 0. The maximum atomic E-state index is 10.7. The van der Waals surface area contributed by atoms with Crippen molar-refractivity contribution >= 4 is 0 Å². The summed E-state index contributed by atoms with van der Waals surface area (Å²) in [4.78, 5) is 1.97. The maximum absolute atomic E-state index is 10.7. The van der Waals surface area contributed by atoms with Crippen molar-refractivity contribution in [2.75, 3.05) is 40.5 Å². The van der Waals surface area contributed by atoms with E-state index in [9.17, 15) is 10.2 Å². The highest BCUT2D eigenvalue weighted by Gasteiger charge is 2.46. The predicted octanol–water partition coefficient (Wildman–Crippen LogP) is 0.232. The molecule has 0 spiro atoms. The molecule has 1 saturated heterocycles. The molecule has 0 aliphatic carbocycles. The van der Waals surface area contributed by atoms with Crippen LogP contribution in [0.5, 0.6) is 0 Å². The van der Waals surface area contributed by atoms with E-state index in [1.165, 1.54) is 0 Å². The zero-order valence-electron chi connectivity index (χ0n) is 15.2. The Morgan fingerprint density at radius 1 is 1.00 bits per heavy atom. The van der Waals surface area contributed by atoms with Crippen LogP contribution in [-0.2, 0) is 18.9 Å². The number of nitrogens with zero attached hydrogens (tertiary/aromatic N) is 1. The van der Waals surface area contributed by atoms with Crippen molar-refractivity contribution in [2.45, 2.75) is 63.9 Å². The number of aliphatic hydroxyl groups is 2. The molecule has 0 aromatic rings. The first-order valence-electron chi connectivity index (χ1n) is 8.12. The lowest BCUT2D eigenvalue weighted by molar-refractivity contribution is -0.306. The first-order valence-corrected chi connectivity index (χ1v) is 8.12. The second kappa shape index (κ2) is 9.27. The molecule has 0 amide bonds. The standard InChI is InChI=1S/C16H33NO6/c1-11-13(18)12(17(7-9-20-5)8-10-21-6)14(19)15(22-11)23-16(2,3)4/h11-15,18-19H,7-10H2,1-6H3/t11-,12?,13-,14+,15+/m1/s1. The highest BCUT2D eigenvalue weighted by atomic mass is 16.7. The number of aliphatic hydroxyl groups excluding tert-OH is 2. The predicted molar refractivity (Wildman–Crippen MR) is 86.3 cm³/mol. The zero-order chi connectivity index (χ0) is 17.6. The Bertz CT molecular complexity index is 327. The van der Waals surface area contributed by atoms with Crippen LogP contribution in [-0.4, -0.2) is 91.9 Å². The number of methoxy groups -OCH3 is 2. The Balaban J connectivity index is 2.91. The molecule has 5 atom stereocenters. The van der Waals surface area contributed by atoms with Gasteiger partial charge in [0.15, 0.2) is 6.29 Å². The van der Waals surface area contributed by atoms with Crippen molar-refractivity contribution in [1.29, 1.82) is 0 Å². The normalized spacial score (nSPS) is 32.5. The molecule has 0 aromatic carbocycles. The Morgan fingerprint density at radius 3 is 1.96 bits per heavy atom. The van der Waals surface area contributed by atoms with Gasteiger partial charge in [-0.05, 0) is 27.7 Å². The molecule has 2 N–H and O–H groups in total. The van der Waals surface area contributed by atoms with Gasteiger partial charge in [-0.1, -0.05) is 0 Å². The van der Waals surface area contributed by atoms with E-state index in [-0.39, 0.29) is 0 Å². The summed E-state index contributed by atoms with van der Waals surface area (Å²) in [6.45, 7) is 9.65. The van der Waals surface area contributed by atoms with Crippen LogP contribution in [0, 0.1) is 0 Å². The third-order valence-electron chi connectivity index (χ3n) is 3.86. The second-order valence-corrected chi connectivity index (χ2v) is 6.93. The molecule has 1 unspecified atom stereocenters. The molecular formula is C16H33NO6. The van der Waals surface area contributed by atoms with Crippen LogP contribution in [0.1, 0.15) is 27.7 Å². The van der Waals surface area contributed by atoms with Gasteiger partial charge in [0.25, 0.3) is 0 Å². The van der Waals surface area contributed by atoms with Gasteiger partial charge in [0, 0.05) is 27.3 Å². The van der Waals surface area contributed by atoms with Gasteiger partial charge in [0.05, 0.1) is 37.1 Å². The van der Waals surface area contributed by atoms with Crippen LogP contribution < -0.4 is 0 Å². The highest BCUT2D eigenvalue weighted by molar-refractivity contribution is 4.95. The fourth-order valence-corrected chi connectivity index (χ4v) is 2.72. The fraction of sp³-hybridized carbons (Fsp3) is 1.00. The Labute approximate surface area is 139 Å². The van der Waals surface area contributed by atoms with Crippen LogP contribution in [0.2, 0.25) is 0 Å². The van der Waals surface area contributed by atoms with Gasteiger partial charge in [0.2, 0.25) is 0 Å². The molecule has 1 aliphatic rings. The lowest BCUT2D eigenvalue weighted by Crippen LogP contribution is -2.65. The van der Waals surface area contributed by atoms with Crippen molar-refractivity contribution in [1.82, 2.24) is 4.90 Å². The van der Waals surface area contributed by atoms with Crippen LogP contribution >= 0.6 is 0 Å². The minimum absolute atomic E-state index is 0.441. The summed E-state index contributed by atoms with van der Waals surface area (Å²) < 4.78 is 21.8. The maximum Gasteiger partial charge on any atom is 0.186 e. The zero-order valence-corrected chi connectivity index (χ0v) is 15.2. The van der Waals surface area contributed by atoms with E-state index < -0.39 is 36.2 Å². The SMILES string of the molecule is COCCN(CCOC)C1[C@H](O)[C@H](OC(C)(C)C)O[C@H](C)[C@H]1O. The first kappa shape index (κ1) is 20.8.